The molecule has 0 unspecified atom stereocenters. The monoisotopic (exact) mass is 357 g/mol. The zero-order chi connectivity index (χ0) is 16.3. The van der Waals surface area contributed by atoms with Crippen LogP contribution < -0.4 is 0 Å². The summed E-state index contributed by atoms with van der Waals surface area (Å²) < 4.78 is 0. The lowest BCUT2D eigenvalue weighted by Gasteiger charge is -2.15. The number of aromatic nitrogens is 3. The van der Waals surface area contributed by atoms with E-state index in [-0.39, 0.29) is 10.6 Å². The van der Waals surface area contributed by atoms with Gasteiger partial charge in [-0.15, -0.1) is 0 Å². The third kappa shape index (κ3) is 7.80. The number of rotatable bonds is 1. The van der Waals surface area contributed by atoms with Crippen molar-refractivity contribution >= 4 is 23.2 Å². The lowest BCUT2D eigenvalue weighted by Crippen LogP contribution is -2.07. The Labute approximate surface area is 150 Å². The lowest BCUT2D eigenvalue weighted by atomic mass is 9.93. The van der Waals surface area contributed by atoms with Gasteiger partial charge in [-0.1, -0.05) is 77.0 Å². The molecule has 0 aromatic carbocycles. The molecule has 130 valence electrons. The van der Waals surface area contributed by atoms with Crippen molar-refractivity contribution in [1.29, 1.82) is 0 Å². The Morgan fingerprint density at radius 3 is 1.26 bits per heavy atom. The third-order valence-electron chi connectivity index (χ3n) is 4.82. The molecular weight excluding hydrogens is 329 g/mol. The molecule has 0 aliphatic heterocycles. The van der Waals surface area contributed by atoms with E-state index in [2.05, 4.69) is 15.0 Å². The van der Waals surface area contributed by atoms with Gasteiger partial charge in [0, 0.05) is 5.92 Å². The molecule has 23 heavy (non-hydrogen) atoms. The van der Waals surface area contributed by atoms with Crippen molar-refractivity contribution in [2.24, 2.45) is 0 Å². The number of hydrogen-bond acceptors (Lipinski definition) is 3. The molecule has 0 atom stereocenters. The van der Waals surface area contributed by atoms with Crippen LogP contribution in [0.3, 0.4) is 0 Å². The molecule has 1 aliphatic rings. The predicted octanol–water partition coefficient (Wildman–Crippen LogP) is 6.74. The molecule has 0 bridgehead atoms. The van der Waals surface area contributed by atoms with Gasteiger partial charge in [-0.05, 0) is 36.0 Å². The molecule has 1 aromatic rings. The van der Waals surface area contributed by atoms with E-state index in [0.717, 1.165) is 18.7 Å². The molecule has 0 saturated heterocycles. The van der Waals surface area contributed by atoms with Gasteiger partial charge in [-0.25, -0.2) is 9.97 Å². The van der Waals surface area contributed by atoms with Crippen molar-refractivity contribution < 1.29 is 0 Å². The molecule has 1 fully saturated rings. The van der Waals surface area contributed by atoms with Crippen molar-refractivity contribution in [2.45, 2.75) is 95.8 Å². The quantitative estimate of drug-likeness (QED) is 0.558. The highest BCUT2D eigenvalue weighted by molar-refractivity contribution is 6.31. The highest BCUT2D eigenvalue weighted by atomic mass is 35.5. The summed E-state index contributed by atoms with van der Waals surface area (Å²) in [5.74, 6) is 1.16. The average Bonchev–Trinajstić information content (AvgIpc) is 2.52. The van der Waals surface area contributed by atoms with Crippen LogP contribution >= 0.6 is 23.2 Å². The van der Waals surface area contributed by atoms with E-state index >= 15 is 0 Å². The summed E-state index contributed by atoms with van der Waals surface area (Å²) in [4.78, 5) is 12.5. The van der Waals surface area contributed by atoms with Gasteiger partial charge in [0.2, 0.25) is 10.6 Å². The van der Waals surface area contributed by atoms with Gasteiger partial charge in [0.15, 0.2) is 0 Å². The van der Waals surface area contributed by atoms with Crippen LogP contribution in [0.4, 0.5) is 0 Å². The first-order valence-corrected chi connectivity index (χ1v) is 10.1. The van der Waals surface area contributed by atoms with Crippen molar-refractivity contribution in [3.63, 3.8) is 0 Å². The first kappa shape index (κ1) is 18.9. The normalized spacial score (nSPS) is 20.6. The summed E-state index contributed by atoms with van der Waals surface area (Å²) in [7, 11) is 0. The van der Waals surface area contributed by atoms with Crippen molar-refractivity contribution in [1.82, 2.24) is 15.0 Å². The minimum atomic E-state index is 0.218. The van der Waals surface area contributed by atoms with Gasteiger partial charge >= 0.3 is 0 Å². The van der Waals surface area contributed by atoms with Crippen molar-refractivity contribution in [2.75, 3.05) is 0 Å². The topological polar surface area (TPSA) is 38.7 Å². The summed E-state index contributed by atoms with van der Waals surface area (Å²) in [5, 5.41) is 0.437. The largest absolute Gasteiger partial charge is 0.226 e. The molecular formula is C18H29Cl2N3. The number of nitrogens with zero attached hydrogens (tertiary/aromatic N) is 3. The van der Waals surface area contributed by atoms with Crippen LogP contribution in [0.1, 0.15) is 102 Å². The van der Waals surface area contributed by atoms with E-state index in [1.165, 1.54) is 77.0 Å². The maximum Gasteiger partial charge on any atom is 0.226 e. The summed E-state index contributed by atoms with van der Waals surface area (Å²) in [6.45, 7) is 0. The first-order valence-electron chi connectivity index (χ1n) is 9.32. The fraction of sp³-hybridized carbons (Fsp3) is 0.833. The average molecular weight is 358 g/mol. The van der Waals surface area contributed by atoms with Crippen LogP contribution in [0.2, 0.25) is 10.6 Å². The van der Waals surface area contributed by atoms with E-state index in [0.29, 0.717) is 5.92 Å². The summed E-state index contributed by atoms with van der Waals surface area (Å²) in [6, 6.07) is 0. The molecule has 1 saturated carbocycles. The Hall–Kier alpha value is -0.410. The molecule has 0 N–H and O–H groups in total. The Bertz CT molecular complexity index is 418. The Balaban J connectivity index is 1.93. The molecule has 1 aromatic heterocycles. The second-order valence-electron chi connectivity index (χ2n) is 6.75. The number of hydrogen-bond donors (Lipinski definition) is 0. The van der Waals surface area contributed by atoms with Gasteiger partial charge in [0.1, 0.15) is 5.82 Å². The highest BCUT2D eigenvalue weighted by Crippen LogP contribution is 2.28. The van der Waals surface area contributed by atoms with Crippen LogP contribution in [0, 0.1) is 0 Å². The third-order valence-corrected chi connectivity index (χ3v) is 5.16. The van der Waals surface area contributed by atoms with Crippen LogP contribution in [0.25, 0.3) is 0 Å². The van der Waals surface area contributed by atoms with Gasteiger partial charge in [-0.2, -0.15) is 4.98 Å². The maximum atomic E-state index is 5.96. The zero-order valence-corrected chi connectivity index (χ0v) is 15.6. The number of halogens is 2. The molecule has 3 nitrogen and oxygen atoms in total. The van der Waals surface area contributed by atoms with Crippen LogP contribution in [-0.2, 0) is 0 Å². The smallest absolute Gasteiger partial charge is 0.202 e. The SMILES string of the molecule is Clc1nc(Cl)nc(C2CCCCCCCCCCCCCC2)n1. The van der Waals surface area contributed by atoms with Crippen molar-refractivity contribution in [3.05, 3.63) is 16.4 Å². The molecule has 5 heteroatoms. The Kier molecular flexibility index (Phi) is 9.21. The summed E-state index contributed by atoms with van der Waals surface area (Å²) >= 11 is 11.9. The molecule has 0 spiro atoms. The highest BCUT2D eigenvalue weighted by Gasteiger charge is 2.16. The van der Waals surface area contributed by atoms with E-state index in [4.69, 9.17) is 23.2 Å². The molecule has 1 heterocycles. The van der Waals surface area contributed by atoms with Crippen molar-refractivity contribution in [3.8, 4) is 0 Å². The molecule has 2 rings (SSSR count). The van der Waals surface area contributed by atoms with Crippen LogP contribution in [0.15, 0.2) is 0 Å². The lowest BCUT2D eigenvalue weighted by molar-refractivity contribution is 0.475. The van der Waals surface area contributed by atoms with E-state index < -0.39 is 0 Å². The summed E-state index contributed by atoms with van der Waals surface area (Å²) in [5.41, 5.74) is 0. The second-order valence-corrected chi connectivity index (χ2v) is 7.42. The van der Waals surface area contributed by atoms with E-state index in [1.54, 1.807) is 0 Å². The predicted molar refractivity (Wildman–Crippen MR) is 97.2 cm³/mol. The standard InChI is InChI=1S/C18H29Cl2N3/c19-17-21-16(22-18(20)23-17)15-13-11-9-7-5-3-1-2-4-6-8-10-12-14-15/h15H,1-14H2. The molecule has 0 radical (unpaired) electrons. The maximum absolute atomic E-state index is 5.96. The Morgan fingerprint density at radius 1 is 0.522 bits per heavy atom. The minimum absolute atomic E-state index is 0.218. The van der Waals surface area contributed by atoms with Crippen LogP contribution in [-0.4, -0.2) is 15.0 Å². The van der Waals surface area contributed by atoms with Gasteiger partial charge in [-0.3, -0.25) is 0 Å². The fourth-order valence-electron chi connectivity index (χ4n) is 3.47. The minimum Gasteiger partial charge on any atom is -0.202 e. The van der Waals surface area contributed by atoms with Crippen LogP contribution in [0.5, 0.6) is 0 Å². The zero-order valence-electron chi connectivity index (χ0n) is 14.1. The van der Waals surface area contributed by atoms with Gasteiger partial charge in [0.05, 0.1) is 0 Å². The summed E-state index contributed by atoms with van der Waals surface area (Å²) in [6.07, 6.45) is 18.5. The van der Waals surface area contributed by atoms with Gasteiger partial charge < -0.3 is 0 Å². The van der Waals surface area contributed by atoms with Gasteiger partial charge in [0.25, 0.3) is 0 Å². The molecule has 1 aliphatic carbocycles. The van der Waals surface area contributed by atoms with E-state index in [9.17, 15) is 0 Å². The van der Waals surface area contributed by atoms with E-state index in [1.807, 2.05) is 0 Å². The Morgan fingerprint density at radius 2 is 0.870 bits per heavy atom. The fourth-order valence-corrected chi connectivity index (χ4v) is 3.85. The first-order chi connectivity index (χ1) is 11.3. The molecule has 0 amide bonds. The second kappa shape index (κ2) is 11.2.